The molecule has 41 heavy (non-hydrogen) atoms. The van der Waals surface area contributed by atoms with Gasteiger partial charge in [0.05, 0.1) is 23.3 Å². The molecule has 1 heterocycles. The Morgan fingerprint density at radius 1 is 1.02 bits per heavy atom. The number of benzene rings is 4. The molecule has 0 aromatic heterocycles. The zero-order valence-corrected chi connectivity index (χ0v) is 25.8. The van der Waals surface area contributed by atoms with E-state index in [1.165, 1.54) is 22.4 Å². The van der Waals surface area contributed by atoms with Crippen LogP contribution in [-0.2, 0) is 6.61 Å². The molecule has 0 spiro atoms. The van der Waals surface area contributed by atoms with E-state index in [0.29, 0.717) is 33.4 Å². The first-order chi connectivity index (χ1) is 19.9. The number of fused-ring (bicyclic) bond motifs is 3. The Bertz CT molecular complexity index is 1650. The van der Waals surface area contributed by atoms with E-state index in [1.807, 2.05) is 24.4 Å². The molecular weight excluding hydrogens is 619 g/mol. The standard InChI is InChI=1S/C34H29BrCl2N2O2/c1-20-6-13-31-28(14-20)26-4-3-5-27(26)33(39-31)22-8-11-25(12-9-22)38-18-21-15-29(35)34(32(16-21)40-2)41-19-23-7-10-24(36)17-30(23)37/h3-4,6-18,26-27,33,39H,5,19H2,1-2H3/t26-,27+,33+/m1/s1. The molecule has 2 aliphatic rings. The minimum absolute atomic E-state index is 0.263. The van der Waals surface area contributed by atoms with Crippen molar-refractivity contribution in [1.82, 2.24) is 0 Å². The van der Waals surface area contributed by atoms with Gasteiger partial charge in [-0.05, 0) is 94.3 Å². The van der Waals surface area contributed by atoms with Crippen molar-refractivity contribution in [2.45, 2.75) is 31.9 Å². The van der Waals surface area contributed by atoms with Crippen molar-refractivity contribution in [3.8, 4) is 11.5 Å². The number of ether oxygens (including phenoxy) is 2. The average molecular weight is 648 g/mol. The lowest BCUT2D eigenvalue weighted by atomic mass is 9.76. The molecule has 0 radical (unpaired) electrons. The fourth-order valence-electron chi connectivity index (χ4n) is 5.70. The largest absolute Gasteiger partial charge is 0.493 e. The number of aryl methyl sites for hydroxylation is 1. The molecule has 1 N–H and O–H groups in total. The number of anilines is 1. The number of nitrogens with one attached hydrogen (secondary N) is 1. The summed E-state index contributed by atoms with van der Waals surface area (Å²) in [5, 5.41) is 4.96. The van der Waals surface area contributed by atoms with E-state index in [9.17, 15) is 0 Å². The van der Waals surface area contributed by atoms with Gasteiger partial charge >= 0.3 is 0 Å². The van der Waals surface area contributed by atoms with Crippen LogP contribution in [0.2, 0.25) is 10.0 Å². The molecule has 7 heteroatoms. The summed E-state index contributed by atoms with van der Waals surface area (Å²) < 4.78 is 12.4. The number of rotatable bonds is 7. The third-order valence-electron chi connectivity index (χ3n) is 7.77. The molecule has 0 bridgehead atoms. The van der Waals surface area contributed by atoms with Crippen molar-refractivity contribution in [2.75, 3.05) is 12.4 Å². The summed E-state index contributed by atoms with van der Waals surface area (Å²) in [4.78, 5) is 4.73. The number of nitrogens with zero attached hydrogens (tertiary/aromatic N) is 1. The second-order valence-corrected chi connectivity index (χ2v) is 12.2. The zero-order chi connectivity index (χ0) is 28.5. The quantitative estimate of drug-likeness (QED) is 0.160. The van der Waals surface area contributed by atoms with E-state index in [4.69, 9.17) is 37.7 Å². The lowest BCUT2D eigenvalue weighted by Gasteiger charge is -2.37. The van der Waals surface area contributed by atoms with Crippen LogP contribution in [0.5, 0.6) is 11.5 Å². The Labute approximate surface area is 259 Å². The molecule has 3 atom stereocenters. The molecule has 4 nitrogen and oxygen atoms in total. The monoisotopic (exact) mass is 646 g/mol. The van der Waals surface area contributed by atoms with E-state index >= 15 is 0 Å². The predicted molar refractivity (Wildman–Crippen MR) is 173 cm³/mol. The third kappa shape index (κ3) is 5.90. The number of hydrogen-bond donors (Lipinski definition) is 1. The van der Waals surface area contributed by atoms with Crippen LogP contribution >= 0.6 is 39.1 Å². The predicted octanol–water partition coefficient (Wildman–Crippen LogP) is 10.2. The summed E-state index contributed by atoms with van der Waals surface area (Å²) in [6.07, 6.45) is 7.62. The van der Waals surface area contributed by atoms with Crippen LogP contribution in [0, 0.1) is 12.8 Å². The van der Waals surface area contributed by atoms with Gasteiger partial charge in [0.1, 0.15) is 6.61 Å². The molecule has 0 unspecified atom stereocenters. The second kappa shape index (κ2) is 11.9. The average Bonchev–Trinajstić information content (AvgIpc) is 3.47. The third-order valence-corrected chi connectivity index (χ3v) is 8.95. The highest BCUT2D eigenvalue weighted by Crippen LogP contribution is 2.50. The highest BCUT2D eigenvalue weighted by molar-refractivity contribution is 9.10. The molecule has 0 saturated heterocycles. The van der Waals surface area contributed by atoms with E-state index in [0.717, 1.165) is 27.7 Å². The summed E-state index contributed by atoms with van der Waals surface area (Å²) in [7, 11) is 1.62. The molecule has 1 aliphatic heterocycles. The summed E-state index contributed by atoms with van der Waals surface area (Å²) in [5.74, 6) is 2.16. The normalized spacial score (nSPS) is 19.1. The Morgan fingerprint density at radius 3 is 2.63 bits per heavy atom. The maximum Gasteiger partial charge on any atom is 0.175 e. The fourth-order valence-corrected chi connectivity index (χ4v) is 6.74. The smallest absolute Gasteiger partial charge is 0.175 e. The summed E-state index contributed by atoms with van der Waals surface area (Å²) in [5.41, 5.74) is 7.83. The van der Waals surface area contributed by atoms with Gasteiger partial charge in [-0.15, -0.1) is 0 Å². The van der Waals surface area contributed by atoms with Crippen molar-refractivity contribution < 1.29 is 9.47 Å². The van der Waals surface area contributed by atoms with E-state index in [-0.39, 0.29) is 12.6 Å². The van der Waals surface area contributed by atoms with Crippen LogP contribution in [0.1, 0.15) is 46.2 Å². The van der Waals surface area contributed by atoms with Crippen molar-refractivity contribution in [3.05, 3.63) is 127 Å². The first kappa shape index (κ1) is 27.9. The van der Waals surface area contributed by atoms with Crippen LogP contribution in [-0.4, -0.2) is 13.3 Å². The van der Waals surface area contributed by atoms with Gasteiger partial charge in [-0.1, -0.05) is 71.2 Å². The maximum absolute atomic E-state index is 6.31. The number of aliphatic imine (C=N–C) groups is 1. The van der Waals surface area contributed by atoms with Crippen LogP contribution in [0.4, 0.5) is 11.4 Å². The zero-order valence-electron chi connectivity index (χ0n) is 22.7. The molecule has 6 rings (SSSR count). The molecule has 1 aliphatic carbocycles. The minimum Gasteiger partial charge on any atom is -0.493 e. The Morgan fingerprint density at radius 2 is 1.85 bits per heavy atom. The van der Waals surface area contributed by atoms with Gasteiger partial charge in [-0.25, -0.2) is 0 Å². The first-order valence-electron chi connectivity index (χ1n) is 13.5. The summed E-state index contributed by atoms with van der Waals surface area (Å²) >= 11 is 15.9. The number of methoxy groups -OCH3 is 1. The van der Waals surface area contributed by atoms with E-state index in [1.54, 1.807) is 19.2 Å². The number of hydrogen-bond acceptors (Lipinski definition) is 4. The Balaban J connectivity index is 1.17. The second-order valence-electron chi connectivity index (χ2n) is 10.5. The highest BCUT2D eigenvalue weighted by atomic mass is 79.9. The van der Waals surface area contributed by atoms with Gasteiger partial charge in [0.25, 0.3) is 0 Å². The molecule has 0 fully saturated rings. The van der Waals surface area contributed by atoms with Crippen molar-refractivity contribution in [1.29, 1.82) is 0 Å². The molecule has 4 aromatic carbocycles. The van der Waals surface area contributed by atoms with Crippen molar-refractivity contribution in [3.63, 3.8) is 0 Å². The molecule has 208 valence electrons. The molecule has 4 aromatic rings. The molecular formula is C34H29BrCl2N2O2. The first-order valence-corrected chi connectivity index (χ1v) is 15.1. The van der Waals surface area contributed by atoms with Crippen molar-refractivity contribution in [2.24, 2.45) is 10.9 Å². The van der Waals surface area contributed by atoms with Crippen LogP contribution in [0.15, 0.2) is 94.4 Å². The lowest BCUT2D eigenvalue weighted by Crippen LogP contribution is -2.29. The Hall–Kier alpha value is -3.25. The van der Waals surface area contributed by atoms with Gasteiger partial charge in [0, 0.05) is 33.4 Å². The van der Waals surface area contributed by atoms with E-state index < -0.39 is 0 Å². The van der Waals surface area contributed by atoms with E-state index in [2.05, 4.69) is 82.8 Å². The molecule has 0 amide bonds. The van der Waals surface area contributed by atoms with Gasteiger partial charge in [0.15, 0.2) is 11.5 Å². The van der Waals surface area contributed by atoms with Crippen LogP contribution in [0.25, 0.3) is 0 Å². The van der Waals surface area contributed by atoms with Crippen LogP contribution < -0.4 is 14.8 Å². The van der Waals surface area contributed by atoms with Crippen LogP contribution in [0.3, 0.4) is 0 Å². The highest BCUT2D eigenvalue weighted by Gasteiger charge is 2.37. The van der Waals surface area contributed by atoms with Gasteiger partial charge in [0.2, 0.25) is 0 Å². The van der Waals surface area contributed by atoms with Gasteiger partial charge < -0.3 is 14.8 Å². The van der Waals surface area contributed by atoms with Gasteiger partial charge in [-0.3, -0.25) is 4.99 Å². The maximum atomic E-state index is 6.31. The fraction of sp³-hybridized carbons (Fsp3) is 0.206. The number of halogens is 3. The molecule has 0 saturated carbocycles. The topological polar surface area (TPSA) is 42.8 Å². The lowest BCUT2D eigenvalue weighted by molar-refractivity contribution is 0.282. The summed E-state index contributed by atoms with van der Waals surface area (Å²) in [6, 6.07) is 24.7. The number of allylic oxidation sites excluding steroid dienone is 2. The summed E-state index contributed by atoms with van der Waals surface area (Å²) in [6.45, 7) is 2.44. The SMILES string of the molecule is COc1cc(C=Nc2ccc([C@@H]3Nc4ccc(C)cc4[C@@H]4C=CC[C@@H]43)cc2)cc(Br)c1OCc1ccc(Cl)cc1Cl. The van der Waals surface area contributed by atoms with Gasteiger partial charge in [-0.2, -0.15) is 0 Å². The Kier molecular flexibility index (Phi) is 8.12. The van der Waals surface area contributed by atoms with Crippen molar-refractivity contribution >= 4 is 56.7 Å². The minimum atomic E-state index is 0.263.